The molecule has 2 atom stereocenters. The average Bonchev–Trinajstić information content (AvgIpc) is 2.03. The fraction of sp³-hybridized carbons (Fsp3) is 0.750. The SMILES string of the molecule is CC(CCl)C(C)NC/C=C/Cl. The molecule has 2 unspecified atom stereocenters. The summed E-state index contributed by atoms with van der Waals surface area (Å²) in [5, 5.41) is 3.28. The molecule has 0 aliphatic carbocycles. The van der Waals surface area contributed by atoms with Crippen molar-refractivity contribution >= 4 is 23.2 Å². The Morgan fingerprint density at radius 3 is 2.55 bits per heavy atom. The van der Waals surface area contributed by atoms with Gasteiger partial charge in [0.1, 0.15) is 0 Å². The molecule has 0 amide bonds. The van der Waals surface area contributed by atoms with E-state index >= 15 is 0 Å². The molecule has 0 bridgehead atoms. The van der Waals surface area contributed by atoms with Gasteiger partial charge in [0.25, 0.3) is 0 Å². The van der Waals surface area contributed by atoms with Crippen LogP contribution in [0.2, 0.25) is 0 Å². The third-order valence-corrected chi connectivity index (χ3v) is 2.41. The van der Waals surface area contributed by atoms with Gasteiger partial charge in [-0.1, -0.05) is 24.6 Å². The van der Waals surface area contributed by atoms with Gasteiger partial charge in [-0.15, -0.1) is 11.6 Å². The van der Waals surface area contributed by atoms with Crippen molar-refractivity contribution < 1.29 is 0 Å². The van der Waals surface area contributed by atoms with E-state index in [1.807, 2.05) is 6.08 Å². The summed E-state index contributed by atoms with van der Waals surface area (Å²) in [4.78, 5) is 0. The smallest absolute Gasteiger partial charge is 0.0263 e. The van der Waals surface area contributed by atoms with Gasteiger partial charge in [0.2, 0.25) is 0 Å². The predicted octanol–water partition coefficient (Wildman–Crippen LogP) is 2.59. The number of hydrogen-bond acceptors (Lipinski definition) is 1. The van der Waals surface area contributed by atoms with Gasteiger partial charge in [-0.2, -0.15) is 0 Å². The Labute approximate surface area is 78.8 Å². The second-order valence-electron chi connectivity index (χ2n) is 2.69. The number of nitrogens with one attached hydrogen (secondary N) is 1. The van der Waals surface area contributed by atoms with Gasteiger partial charge in [-0.05, 0) is 12.8 Å². The number of alkyl halides is 1. The van der Waals surface area contributed by atoms with Crippen molar-refractivity contribution in [2.75, 3.05) is 12.4 Å². The van der Waals surface area contributed by atoms with Crippen molar-refractivity contribution in [1.82, 2.24) is 5.32 Å². The molecular weight excluding hydrogens is 181 g/mol. The van der Waals surface area contributed by atoms with Crippen molar-refractivity contribution in [3.63, 3.8) is 0 Å². The molecule has 0 rings (SSSR count). The molecule has 0 radical (unpaired) electrons. The molecule has 0 spiro atoms. The first-order chi connectivity index (χ1) is 5.22. The standard InChI is InChI=1S/C8H15Cl2N/c1-7(6-10)8(2)11-5-3-4-9/h3-4,7-8,11H,5-6H2,1-2H3/b4-3+. The van der Waals surface area contributed by atoms with E-state index in [-0.39, 0.29) is 0 Å². The zero-order chi connectivity index (χ0) is 8.69. The first-order valence-corrected chi connectivity index (χ1v) is 4.74. The fourth-order valence-corrected chi connectivity index (χ4v) is 0.990. The van der Waals surface area contributed by atoms with Crippen LogP contribution >= 0.6 is 23.2 Å². The van der Waals surface area contributed by atoms with E-state index in [9.17, 15) is 0 Å². The minimum absolute atomic E-state index is 0.445. The third kappa shape index (κ3) is 5.54. The van der Waals surface area contributed by atoms with Crippen molar-refractivity contribution in [1.29, 1.82) is 0 Å². The van der Waals surface area contributed by atoms with E-state index in [4.69, 9.17) is 23.2 Å². The molecule has 0 aromatic carbocycles. The molecule has 0 fully saturated rings. The Bertz CT molecular complexity index is 115. The molecule has 0 heterocycles. The molecule has 0 saturated carbocycles. The minimum Gasteiger partial charge on any atom is -0.310 e. The molecule has 1 nitrogen and oxygen atoms in total. The van der Waals surface area contributed by atoms with Crippen LogP contribution in [-0.4, -0.2) is 18.5 Å². The zero-order valence-corrected chi connectivity index (χ0v) is 8.49. The van der Waals surface area contributed by atoms with Crippen LogP contribution in [0.3, 0.4) is 0 Å². The largest absolute Gasteiger partial charge is 0.310 e. The lowest BCUT2D eigenvalue weighted by molar-refractivity contribution is 0.449. The Morgan fingerprint density at radius 1 is 1.45 bits per heavy atom. The summed E-state index contributed by atoms with van der Waals surface area (Å²) >= 11 is 11.0. The summed E-state index contributed by atoms with van der Waals surface area (Å²) < 4.78 is 0. The van der Waals surface area contributed by atoms with Crippen molar-refractivity contribution in [3.8, 4) is 0 Å². The fourth-order valence-electron chi connectivity index (χ4n) is 0.633. The Morgan fingerprint density at radius 2 is 2.09 bits per heavy atom. The maximum atomic E-state index is 5.68. The molecule has 0 aromatic heterocycles. The summed E-state index contributed by atoms with van der Waals surface area (Å²) in [6.45, 7) is 5.05. The quantitative estimate of drug-likeness (QED) is 0.666. The van der Waals surface area contributed by atoms with Crippen molar-refractivity contribution in [2.45, 2.75) is 19.9 Å². The third-order valence-electron chi connectivity index (χ3n) is 1.74. The Kier molecular flexibility index (Phi) is 7.13. The maximum absolute atomic E-state index is 5.68. The summed E-state index contributed by atoms with van der Waals surface area (Å²) in [6.07, 6.45) is 1.87. The second-order valence-corrected chi connectivity index (χ2v) is 3.25. The molecular formula is C8H15Cl2N. The highest BCUT2D eigenvalue weighted by atomic mass is 35.5. The lowest BCUT2D eigenvalue weighted by atomic mass is 10.1. The van der Waals surface area contributed by atoms with E-state index < -0.39 is 0 Å². The van der Waals surface area contributed by atoms with E-state index in [2.05, 4.69) is 19.2 Å². The molecule has 66 valence electrons. The van der Waals surface area contributed by atoms with Crippen LogP contribution in [0.4, 0.5) is 0 Å². The van der Waals surface area contributed by atoms with Gasteiger partial charge in [0, 0.05) is 24.0 Å². The van der Waals surface area contributed by atoms with Crippen LogP contribution < -0.4 is 5.32 Å². The van der Waals surface area contributed by atoms with Gasteiger partial charge in [-0.3, -0.25) is 0 Å². The summed E-state index contributed by atoms with van der Waals surface area (Å²) in [5.74, 6) is 1.19. The summed E-state index contributed by atoms with van der Waals surface area (Å²) in [7, 11) is 0. The molecule has 11 heavy (non-hydrogen) atoms. The monoisotopic (exact) mass is 195 g/mol. The topological polar surface area (TPSA) is 12.0 Å². The Balaban J connectivity index is 3.43. The molecule has 0 aliphatic rings. The molecule has 0 aliphatic heterocycles. The number of hydrogen-bond donors (Lipinski definition) is 1. The van der Waals surface area contributed by atoms with Gasteiger partial charge in [-0.25, -0.2) is 0 Å². The van der Waals surface area contributed by atoms with Gasteiger partial charge in [0.05, 0.1) is 0 Å². The van der Waals surface area contributed by atoms with E-state index in [0.29, 0.717) is 17.8 Å². The van der Waals surface area contributed by atoms with Crippen molar-refractivity contribution in [2.24, 2.45) is 5.92 Å². The first kappa shape index (κ1) is 11.3. The normalized spacial score (nSPS) is 17.1. The van der Waals surface area contributed by atoms with Crippen LogP contribution in [0.1, 0.15) is 13.8 Å². The molecule has 1 N–H and O–H groups in total. The van der Waals surface area contributed by atoms with Crippen LogP contribution in [0.5, 0.6) is 0 Å². The number of halogens is 2. The maximum Gasteiger partial charge on any atom is 0.0263 e. The predicted molar refractivity (Wildman–Crippen MR) is 52.3 cm³/mol. The van der Waals surface area contributed by atoms with E-state index in [0.717, 1.165) is 6.54 Å². The highest BCUT2D eigenvalue weighted by Crippen LogP contribution is 2.03. The molecule has 3 heteroatoms. The van der Waals surface area contributed by atoms with Crippen molar-refractivity contribution in [3.05, 3.63) is 11.6 Å². The van der Waals surface area contributed by atoms with Gasteiger partial charge in [0.15, 0.2) is 0 Å². The summed E-state index contributed by atoms with van der Waals surface area (Å²) in [5.41, 5.74) is 1.52. The van der Waals surface area contributed by atoms with Crippen LogP contribution in [0, 0.1) is 5.92 Å². The highest BCUT2D eigenvalue weighted by Gasteiger charge is 2.08. The Hall–Kier alpha value is 0.280. The van der Waals surface area contributed by atoms with E-state index in [1.165, 1.54) is 5.54 Å². The van der Waals surface area contributed by atoms with Gasteiger partial charge >= 0.3 is 0 Å². The van der Waals surface area contributed by atoms with Crippen LogP contribution in [0.15, 0.2) is 11.6 Å². The first-order valence-electron chi connectivity index (χ1n) is 3.77. The highest BCUT2D eigenvalue weighted by molar-refractivity contribution is 6.25. The van der Waals surface area contributed by atoms with Gasteiger partial charge < -0.3 is 5.32 Å². The zero-order valence-electron chi connectivity index (χ0n) is 6.98. The summed E-state index contributed by atoms with van der Waals surface area (Å²) in [6, 6.07) is 0.445. The molecule has 0 aromatic rings. The molecule has 0 saturated heterocycles. The number of rotatable bonds is 5. The average molecular weight is 196 g/mol. The lowest BCUT2D eigenvalue weighted by Gasteiger charge is -2.17. The van der Waals surface area contributed by atoms with Crippen LogP contribution in [0.25, 0.3) is 0 Å². The minimum atomic E-state index is 0.445. The lowest BCUT2D eigenvalue weighted by Crippen LogP contribution is -2.32. The van der Waals surface area contributed by atoms with E-state index in [1.54, 1.807) is 0 Å². The second kappa shape index (κ2) is 6.96. The van der Waals surface area contributed by atoms with Crippen LogP contribution in [-0.2, 0) is 0 Å².